The molecule has 5 nitrogen and oxygen atoms in total. The van der Waals surface area contributed by atoms with Crippen molar-refractivity contribution in [1.82, 2.24) is 4.57 Å². The van der Waals surface area contributed by atoms with Crippen molar-refractivity contribution in [3.8, 4) is 0 Å². The molecular weight excluding hydrogens is 448 g/mol. The molecule has 0 atom stereocenters. The number of methoxy groups -OCH3 is 1. The molecule has 0 saturated carbocycles. The summed E-state index contributed by atoms with van der Waals surface area (Å²) in [7, 11) is 1.32. The molecule has 2 aromatic heterocycles. The van der Waals surface area contributed by atoms with Crippen molar-refractivity contribution in [2.24, 2.45) is 4.99 Å². The van der Waals surface area contributed by atoms with Crippen LogP contribution in [0, 0.1) is 6.92 Å². The van der Waals surface area contributed by atoms with Gasteiger partial charge in [0.15, 0.2) is 4.80 Å². The number of carbonyl (C=O) groups is 2. The molecule has 0 N–H and O–H groups in total. The Hall–Kier alpha value is -1.48. The molecule has 0 bridgehead atoms. The van der Waals surface area contributed by atoms with Gasteiger partial charge in [0.2, 0.25) is 0 Å². The van der Waals surface area contributed by atoms with Gasteiger partial charge in [0.25, 0.3) is 5.91 Å². The van der Waals surface area contributed by atoms with E-state index < -0.39 is 5.97 Å². The zero-order chi connectivity index (χ0) is 18.1. The van der Waals surface area contributed by atoms with Crippen LogP contribution in [0.1, 0.15) is 15.2 Å². The highest BCUT2D eigenvalue weighted by Gasteiger charge is 2.16. The van der Waals surface area contributed by atoms with Crippen LogP contribution in [0.5, 0.6) is 0 Å². The Kier molecular flexibility index (Phi) is 5.43. The van der Waals surface area contributed by atoms with Crippen LogP contribution in [0.3, 0.4) is 0 Å². The van der Waals surface area contributed by atoms with Gasteiger partial charge in [0.1, 0.15) is 6.54 Å². The molecular formula is C16H12BrClN2O3S2. The Morgan fingerprint density at radius 1 is 1.28 bits per heavy atom. The predicted molar refractivity (Wildman–Crippen MR) is 103 cm³/mol. The normalized spacial score (nSPS) is 11.9. The standard InChI is InChI=1S/C16H12BrClN2O3S2/c1-8-9(18)3-4-10-14(8)20(7-13(21)23-2)16(25-10)19-15(22)11-5-6-12(17)24-11/h3-6H,7H2,1-2H3. The molecule has 0 aliphatic heterocycles. The number of esters is 1. The van der Waals surface area contributed by atoms with Gasteiger partial charge in [-0.3, -0.25) is 9.59 Å². The fraction of sp³-hybridized carbons (Fsp3) is 0.188. The van der Waals surface area contributed by atoms with Crippen LogP contribution in [-0.2, 0) is 16.1 Å². The number of carbonyl (C=O) groups excluding carboxylic acids is 2. The maximum Gasteiger partial charge on any atom is 0.325 e. The molecule has 3 rings (SSSR count). The molecule has 0 saturated heterocycles. The van der Waals surface area contributed by atoms with Gasteiger partial charge in [-0.05, 0) is 52.7 Å². The van der Waals surface area contributed by atoms with Gasteiger partial charge in [-0.25, -0.2) is 0 Å². The molecule has 130 valence electrons. The summed E-state index contributed by atoms with van der Waals surface area (Å²) in [4.78, 5) is 29.4. The molecule has 9 heteroatoms. The second-order valence-corrected chi connectivity index (χ2v) is 8.97. The van der Waals surface area contributed by atoms with Crippen LogP contribution in [-0.4, -0.2) is 23.6 Å². The van der Waals surface area contributed by atoms with Crippen molar-refractivity contribution in [2.75, 3.05) is 7.11 Å². The summed E-state index contributed by atoms with van der Waals surface area (Å²) in [5, 5.41) is 0.587. The SMILES string of the molecule is COC(=O)Cn1c(=NC(=O)c2ccc(Br)s2)sc2ccc(Cl)c(C)c21. The van der Waals surface area contributed by atoms with E-state index in [1.165, 1.54) is 29.8 Å². The highest BCUT2D eigenvalue weighted by atomic mass is 79.9. The van der Waals surface area contributed by atoms with E-state index in [4.69, 9.17) is 16.3 Å². The summed E-state index contributed by atoms with van der Waals surface area (Å²) < 4.78 is 8.19. The second-order valence-electron chi connectivity index (χ2n) is 5.09. The smallest absolute Gasteiger partial charge is 0.325 e. The van der Waals surface area contributed by atoms with Crippen molar-refractivity contribution >= 4 is 72.3 Å². The lowest BCUT2D eigenvalue weighted by Crippen LogP contribution is -2.22. The Morgan fingerprint density at radius 2 is 2.04 bits per heavy atom. The van der Waals surface area contributed by atoms with Gasteiger partial charge in [-0.2, -0.15) is 4.99 Å². The lowest BCUT2D eigenvalue weighted by molar-refractivity contribution is -0.141. The van der Waals surface area contributed by atoms with E-state index in [1.54, 1.807) is 22.8 Å². The van der Waals surface area contributed by atoms with Gasteiger partial charge in [-0.1, -0.05) is 22.9 Å². The van der Waals surface area contributed by atoms with Gasteiger partial charge in [0, 0.05) is 5.02 Å². The molecule has 0 spiro atoms. The van der Waals surface area contributed by atoms with Crippen molar-refractivity contribution in [1.29, 1.82) is 0 Å². The lowest BCUT2D eigenvalue weighted by atomic mass is 10.2. The minimum Gasteiger partial charge on any atom is -0.468 e. The van der Waals surface area contributed by atoms with E-state index in [9.17, 15) is 9.59 Å². The molecule has 2 heterocycles. The number of hydrogen-bond acceptors (Lipinski definition) is 5. The van der Waals surface area contributed by atoms with Gasteiger partial charge in [-0.15, -0.1) is 11.3 Å². The molecule has 25 heavy (non-hydrogen) atoms. The Balaban J connectivity index is 2.21. The molecule has 0 aliphatic carbocycles. The maximum absolute atomic E-state index is 12.4. The highest BCUT2D eigenvalue weighted by molar-refractivity contribution is 9.11. The van der Waals surface area contributed by atoms with E-state index in [-0.39, 0.29) is 12.5 Å². The average molecular weight is 460 g/mol. The van der Waals surface area contributed by atoms with Gasteiger partial charge in [0.05, 0.1) is 26.0 Å². The number of benzene rings is 1. The number of fused-ring (bicyclic) bond motifs is 1. The van der Waals surface area contributed by atoms with Crippen molar-refractivity contribution in [3.63, 3.8) is 0 Å². The lowest BCUT2D eigenvalue weighted by Gasteiger charge is -2.06. The first-order valence-corrected chi connectivity index (χ1v) is 9.90. The fourth-order valence-corrected chi connectivity index (χ4v) is 4.82. The number of ether oxygens (including phenoxy) is 1. The zero-order valence-corrected chi connectivity index (χ0v) is 17.2. The third-order valence-electron chi connectivity index (χ3n) is 3.53. The summed E-state index contributed by atoms with van der Waals surface area (Å²) in [6, 6.07) is 7.15. The third kappa shape index (κ3) is 3.72. The number of nitrogens with zero attached hydrogens (tertiary/aromatic N) is 2. The Labute approximate surface area is 164 Å². The highest BCUT2D eigenvalue weighted by Crippen LogP contribution is 2.27. The van der Waals surface area contributed by atoms with E-state index >= 15 is 0 Å². The van der Waals surface area contributed by atoms with E-state index in [0.29, 0.717) is 14.7 Å². The molecule has 0 aliphatic rings. The van der Waals surface area contributed by atoms with E-state index in [0.717, 1.165) is 19.6 Å². The van der Waals surface area contributed by atoms with Crippen LogP contribution in [0.4, 0.5) is 0 Å². The second kappa shape index (κ2) is 7.41. The summed E-state index contributed by atoms with van der Waals surface area (Å²) in [5.74, 6) is -0.781. The molecule has 0 radical (unpaired) electrons. The summed E-state index contributed by atoms with van der Waals surface area (Å²) in [6.07, 6.45) is 0. The Bertz CT molecular complexity index is 1050. The number of amides is 1. The van der Waals surface area contributed by atoms with Crippen LogP contribution in [0.2, 0.25) is 5.02 Å². The summed E-state index contributed by atoms with van der Waals surface area (Å²) in [5.41, 5.74) is 1.61. The van der Waals surface area contributed by atoms with Crippen molar-refractivity contribution in [3.05, 3.63) is 48.3 Å². The molecule has 1 amide bonds. The third-order valence-corrected chi connectivity index (χ3v) is 6.59. The van der Waals surface area contributed by atoms with Crippen molar-refractivity contribution in [2.45, 2.75) is 13.5 Å². The first kappa shape index (κ1) is 18.3. The molecule has 3 aromatic rings. The van der Waals surface area contributed by atoms with Crippen molar-refractivity contribution < 1.29 is 14.3 Å². The summed E-state index contributed by atoms with van der Waals surface area (Å²) >= 11 is 12.2. The number of rotatable bonds is 3. The van der Waals surface area contributed by atoms with E-state index in [2.05, 4.69) is 20.9 Å². The molecule has 1 aromatic carbocycles. The average Bonchev–Trinajstić information content (AvgIpc) is 3.16. The predicted octanol–water partition coefficient (Wildman–Crippen LogP) is 4.40. The monoisotopic (exact) mass is 458 g/mol. The quantitative estimate of drug-likeness (QED) is 0.545. The largest absolute Gasteiger partial charge is 0.468 e. The number of aryl methyl sites for hydroxylation is 1. The van der Waals surface area contributed by atoms with Gasteiger partial charge < -0.3 is 9.30 Å². The number of hydrogen-bond donors (Lipinski definition) is 0. The number of thiophene rings is 1. The number of thiazole rings is 1. The minimum atomic E-state index is -0.424. The van der Waals surface area contributed by atoms with Crippen LogP contribution < -0.4 is 4.80 Å². The maximum atomic E-state index is 12.4. The van der Waals surface area contributed by atoms with E-state index in [1.807, 2.05) is 13.0 Å². The molecule has 0 fully saturated rings. The van der Waals surface area contributed by atoms with Crippen LogP contribution in [0.25, 0.3) is 10.2 Å². The molecule has 0 unspecified atom stereocenters. The number of aromatic nitrogens is 1. The fourth-order valence-electron chi connectivity index (χ4n) is 2.31. The van der Waals surface area contributed by atoms with Gasteiger partial charge >= 0.3 is 5.97 Å². The Morgan fingerprint density at radius 3 is 2.68 bits per heavy atom. The van der Waals surface area contributed by atoms with Crippen LogP contribution in [0.15, 0.2) is 33.0 Å². The first-order valence-electron chi connectivity index (χ1n) is 7.10. The summed E-state index contributed by atoms with van der Waals surface area (Å²) in [6.45, 7) is 1.82. The zero-order valence-electron chi connectivity index (χ0n) is 13.2. The number of halogens is 2. The topological polar surface area (TPSA) is 60.7 Å². The van der Waals surface area contributed by atoms with Crippen LogP contribution >= 0.6 is 50.2 Å². The first-order chi connectivity index (χ1) is 11.9. The minimum absolute atomic E-state index is 0.0437.